The van der Waals surface area contributed by atoms with Crippen molar-refractivity contribution < 1.29 is 13.2 Å². The zero-order valence-corrected chi connectivity index (χ0v) is 17.6. The van der Waals surface area contributed by atoms with Gasteiger partial charge in [-0.2, -0.15) is 0 Å². The van der Waals surface area contributed by atoms with Crippen LogP contribution in [0, 0.1) is 0 Å². The molecule has 28 heavy (non-hydrogen) atoms. The average Bonchev–Trinajstić information content (AvgIpc) is 3.11. The maximum Gasteiger partial charge on any atom is 0.257 e. The fraction of sp³-hybridized carbons (Fsp3) is 0.238. The highest BCUT2D eigenvalue weighted by atomic mass is 32.2. The van der Waals surface area contributed by atoms with Gasteiger partial charge in [0.05, 0.1) is 16.3 Å². The first kappa shape index (κ1) is 20.2. The topological polar surface area (TPSA) is 76.1 Å². The number of hydrogen-bond acceptors (Lipinski definition) is 5. The van der Waals surface area contributed by atoms with Crippen molar-refractivity contribution in [3.8, 4) is 0 Å². The Hall–Kier alpha value is -2.51. The minimum Gasteiger partial charge on any atom is -0.298 e. The number of benzene rings is 2. The Morgan fingerprint density at radius 3 is 2.43 bits per heavy atom. The molecule has 0 bridgehead atoms. The summed E-state index contributed by atoms with van der Waals surface area (Å²) < 4.78 is 25.1. The van der Waals surface area contributed by atoms with Crippen LogP contribution in [0.1, 0.15) is 42.4 Å². The Kier molecular flexibility index (Phi) is 5.67. The lowest BCUT2D eigenvalue weighted by Gasteiger charge is -2.14. The van der Waals surface area contributed by atoms with E-state index < -0.39 is 9.84 Å². The van der Waals surface area contributed by atoms with Gasteiger partial charge in [0.2, 0.25) is 0 Å². The summed E-state index contributed by atoms with van der Waals surface area (Å²) in [5, 5.41) is 5.25. The van der Waals surface area contributed by atoms with E-state index in [-0.39, 0.29) is 22.0 Å². The summed E-state index contributed by atoms with van der Waals surface area (Å²) in [6, 6.07) is 15.0. The number of aromatic nitrogens is 1. The van der Waals surface area contributed by atoms with Crippen molar-refractivity contribution in [1.29, 1.82) is 0 Å². The molecule has 7 heteroatoms. The SMILES string of the molecule is CC(C)(C)c1csc(NC(=O)c2cccc(CS(=O)(=O)c3ccccc3)c2)n1. The van der Waals surface area contributed by atoms with E-state index >= 15 is 0 Å². The van der Waals surface area contributed by atoms with Gasteiger partial charge in [0, 0.05) is 16.4 Å². The molecule has 2 aromatic carbocycles. The summed E-state index contributed by atoms with van der Waals surface area (Å²) in [5.41, 5.74) is 1.78. The van der Waals surface area contributed by atoms with Gasteiger partial charge in [0.15, 0.2) is 15.0 Å². The third kappa shape index (κ3) is 4.85. The average molecular weight is 415 g/mol. The van der Waals surface area contributed by atoms with Crippen LogP contribution in [0.5, 0.6) is 0 Å². The Labute approximate surface area is 169 Å². The van der Waals surface area contributed by atoms with Crippen LogP contribution in [0.3, 0.4) is 0 Å². The molecule has 5 nitrogen and oxygen atoms in total. The Bertz CT molecular complexity index is 1080. The van der Waals surface area contributed by atoms with Gasteiger partial charge in [-0.3, -0.25) is 10.1 Å². The lowest BCUT2D eigenvalue weighted by Crippen LogP contribution is -2.14. The molecule has 0 saturated carbocycles. The summed E-state index contributed by atoms with van der Waals surface area (Å²) in [6.07, 6.45) is 0. The molecule has 0 saturated heterocycles. The number of rotatable bonds is 5. The largest absolute Gasteiger partial charge is 0.298 e. The second kappa shape index (κ2) is 7.85. The molecule has 0 aliphatic rings. The second-order valence-electron chi connectivity index (χ2n) is 7.51. The molecule has 0 fully saturated rings. The van der Waals surface area contributed by atoms with Gasteiger partial charge in [0.25, 0.3) is 5.91 Å². The maximum atomic E-state index is 12.6. The molecule has 3 aromatic rings. The predicted molar refractivity (Wildman–Crippen MR) is 113 cm³/mol. The van der Waals surface area contributed by atoms with Gasteiger partial charge >= 0.3 is 0 Å². The third-order valence-corrected chi connectivity index (χ3v) is 6.60. The van der Waals surface area contributed by atoms with Crippen molar-refractivity contribution in [3.05, 3.63) is 76.8 Å². The molecule has 0 aliphatic carbocycles. The second-order valence-corrected chi connectivity index (χ2v) is 10.4. The summed E-state index contributed by atoms with van der Waals surface area (Å²) in [4.78, 5) is 17.3. The van der Waals surface area contributed by atoms with Crippen LogP contribution in [0.25, 0.3) is 0 Å². The van der Waals surface area contributed by atoms with Crippen LogP contribution in [0.2, 0.25) is 0 Å². The number of amides is 1. The van der Waals surface area contributed by atoms with Gasteiger partial charge in [-0.25, -0.2) is 13.4 Å². The van der Waals surface area contributed by atoms with Crippen molar-refractivity contribution in [2.24, 2.45) is 0 Å². The first-order valence-corrected chi connectivity index (χ1v) is 11.3. The van der Waals surface area contributed by atoms with Gasteiger partial charge < -0.3 is 0 Å². The van der Waals surface area contributed by atoms with Crippen LogP contribution in [0.15, 0.2) is 64.9 Å². The normalized spacial score (nSPS) is 12.0. The molecule has 0 unspecified atom stereocenters. The van der Waals surface area contributed by atoms with Crippen LogP contribution in [0.4, 0.5) is 5.13 Å². The standard InChI is InChI=1S/C21H22N2O3S2/c1-21(2,3)18-13-27-20(22-18)23-19(24)16-9-7-8-15(12-16)14-28(25,26)17-10-5-4-6-11-17/h4-13H,14H2,1-3H3,(H,22,23,24). The Morgan fingerprint density at radius 1 is 1.07 bits per heavy atom. The Morgan fingerprint density at radius 2 is 1.79 bits per heavy atom. The third-order valence-electron chi connectivity index (χ3n) is 4.14. The van der Waals surface area contributed by atoms with Gasteiger partial charge in [-0.15, -0.1) is 11.3 Å². The molecule has 1 amide bonds. The number of hydrogen-bond donors (Lipinski definition) is 1. The number of anilines is 1. The number of sulfone groups is 1. The molecule has 1 N–H and O–H groups in total. The number of carbonyl (C=O) groups excluding carboxylic acids is 1. The van der Waals surface area contributed by atoms with E-state index in [1.54, 1.807) is 54.6 Å². The van der Waals surface area contributed by atoms with Gasteiger partial charge in [-0.05, 0) is 29.8 Å². The summed E-state index contributed by atoms with van der Waals surface area (Å²) in [7, 11) is -3.47. The van der Waals surface area contributed by atoms with Gasteiger partial charge in [-0.1, -0.05) is 51.1 Å². The molecular formula is C21H22N2O3S2. The molecule has 0 aliphatic heterocycles. The quantitative estimate of drug-likeness (QED) is 0.658. The van der Waals surface area contributed by atoms with E-state index in [4.69, 9.17) is 0 Å². The van der Waals surface area contributed by atoms with Crippen molar-refractivity contribution in [1.82, 2.24) is 4.98 Å². The molecule has 0 atom stereocenters. The minimum absolute atomic E-state index is 0.0921. The number of thiazole rings is 1. The monoisotopic (exact) mass is 414 g/mol. The lowest BCUT2D eigenvalue weighted by molar-refractivity contribution is 0.102. The zero-order chi connectivity index (χ0) is 20.4. The highest BCUT2D eigenvalue weighted by molar-refractivity contribution is 7.90. The number of nitrogens with zero attached hydrogens (tertiary/aromatic N) is 1. The number of carbonyl (C=O) groups is 1. The zero-order valence-electron chi connectivity index (χ0n) is 16.0. The van der Waals surface area contributed by atoms with Crippen LogP contribution >= 0.6 is 11.3 Å². The van der Waals surface area contributed by atoms with Crippen molar-refractivity contribution >= 4 is 32.2 Å². The molecule has 3 rings (SSSR count). The van der Waals surface area contributed by atoms with Crippen molar-refractivity contribution in [3.63, 3.8) is 0 Å². The minimum atomic E-state index is -3.47. The lowest BCUT2D eigenvalue weighted by atomic mass is 9.93. The fourth-order valence-corrected chi connectivity index (χ4v) is 4.87. The molecule has 0 spiro atoms. The van der Waals surface area contributed by atoms with Crippen molar-refractivity contribution in [2.45, 2.75) is 36.8 Å². The molecular weight excluding hydrogens is 392 g/mol. The van der Waals surface area contributed by atoms with Crippen LogP contribution in [-0.4, -0.2) is 19.3 Å². The van der Waals surface area contributed by atoms with Crippen LogP contribution < -0.4 is 5.32 Å². The van der Waals surface area contributed by atoms with E-state index in [0.29, 0.717) is 16.3 Å². The fourth-order valence-electron chi connectivity index (χ4n) is 2.58. The van der Waals surface area contributed by atoms with Crippen LogP contribution in [-0.2, 0) is 21.0 Å². The molecule has 0 radical (unpaired) electrons. The highest BCUT2D eigenvalue weighted by Gasteiger charge is 2.19. The van der Waals surface area contributed by atoms with E-state index in [2.05, 4.69) is 31.1 Å². The summed E-state index contributed by atoms with van der Waals surface area (Å²) >= 11 is 1.37. The van der Waals surface area contributed by atoms with Gasteiger partial charge in [0.1, 0.15) is 0 Å². The number of nitrogens with one attached hydrogen (secondary N) is 1. The molecule has 146 valence electrons. The highest BCUT2D eigenvalue weighted by Crippen LogP contribution is 2.26. The smallest absolute Gasteiger partial charge is 0.257 e. The van der Waals surface area contributed by atoms with E-state index in [9.17, 15) is 13.2 Å². The van der Waals surface area contributed by atoms with E-state index in [1.165, 1.54) is 11.3 Å². The summed E-state index contributed by atoms with van der Waals surface area (Å²) in [5.74, 6) is -0.474. The molecule has 1 heterocycles. The predicted octanol–water partition coefficient (Wildman–Crippen LogP) is 4.67. The molecule has 1 aromatic heterocycles. The Balaban J connectivity index is 1.76. The first-order valence-electron chi connectivity index (χ1n) is 8.79. The summed E-state index contributed by atoms with van der Waals surface area (Å²) in [6.45, 7) is 6.18. The van der Waals surface area contributed by atoms with E-state index in [1.807, 2.05) is 5.38 Å². The van der Waals surface area contributed by atoms with E-state index in [0.717, 1.165) is 5.69 Å². The first-order chi connectivity index (χ1) is 13.1. The van der Waals surface area contributed by atoms with Crippen molar-refractivity contribution in [2.75, 3.05) is 5.32 Å². The maximum absolute atomic E-state index is 12.6.